The molecule has 144 valence electrons. The second-order valence-corrected chi connectivity index (χ2v) is 9.58. The third kappa shape index (κ3) is 5.10. The van der Waals surface area contributed by atoms with Gasteiger partial charge in [-0.15, -0.1) is 6.58 Å². The molecule has 3 aliphatic carbocycles. The lowest BCUT2D eigenvalue weighted by Gasteiger charge is -2.42. The fourth-order valence-corrected chi connectivity index (χ4v) is 6.45. The smallest absolute Gasteiger partial charge is 0.103 e. The molecule has 3 aliphatic rings. The Balaban J connectivity index is 1.40. The van der Waals surface area contributed by atoms with Crippen molar-refractivity contribution in [3.05, 3.63) is 12.7 Å². The molecule has 0 bridgehead atoms. The Labute approximate surface area is 156 Å². The van der Waals surface area contributed by atoms with E-state index < -0.39 is 6.17 Å². The lowest BCUT2D eigenvalue weighted by molar-refractivity contribution is 0.0616. The summed E-state index contributed by atoms with van der Waals surface area (Å²) in [5.41, 5.74) is 0. The highest BCUT2D eigenvalue weighted by Gasteiger charge is 2.37. The highest BCUT2D eigenvalue weighted by molar-refractivity contribution is 4.88. The molecule has 0 aliphatic heterocycles. The summed E-state index contributed by atoms with van der Waals surface area (Å²) in [6, 6.07) is 0. The van der Waals surface area contributed by atoms with Crippen molar-refractivity contribution in [2.24, 2.45) is 35.5 Å². The Morgan fingerprint density at radius 3 is 1.84 bits per heavy atom. The highest BCUT2D eigenvalue weighted by Crippen LogP contribution is 2.47. The van der Waals surface area contributed by atoms with Gasteiger partial charge in [-0.05, 0) is 106 Å². The lowest BCUT2D eigenvalue weighted by Crippen LogP contribution is -2.33. The maximum atomic E-state index is 14.6. The molecule has 0 radical (unpaired) electrons. The third-order valence-corrected chi connectivity index (χ3v) is 8.31. The zero-order valence-electron chi connectivity index (χ0n) is 16.6. The molecule has 0 heterocycles. The molecule has 3 atom stereocenters. The van der Waals surface area contributed by atoms with Gasteiger partial charge in [0.25, 0.3) is 0 Å². The van der Waals surface area contributed by atoms with Crippen molar-refractivity contribution in [1.29, 1.82) is 0 Å². The van der Waals surface area contributed by atoms with Crippen LogP contribution in [0.2, 0.25) is 0 Å². The molecular weight excluding hydrogens is 307 g/mol. The van der Waals surface area contributed by atoms with E-state index in [-0.39, 0.29) is 0 Å². The summed E-state index contributed by atoms with van der Waals surface area (Å²) in [7, 11) is 0. The topological polar surface area (TPSA) is 0 Å². The fraction of sp³-hybridized carbons (Fsp3) is 0.917. The van der Waals surface area contributed by atoms with Crippen molar-refractivity contribution in [3.63, 3.8) is 0 Å². The van der Waals surface area contributed by atoms with E-state index in [0.717, 1.165) is 49.4 Å². The third-order valence-electron chi connectivity index (χ3n) is 8.31. The minimum Gasteiger partial charge on any atom is -0.247 e. The van der Waals surface area contributed by atoms with Gasteiger partial charge in [0.05, 0.1) is 0 Å². The van der Waals surface area contributed by atoms with E-state index in [1.165, 1.54) is 64.2 Å². The van der Waals surface area contributed by atoms with Crippen LogP contribution in [0.3, 0.4) is 0 Å². The van der Waals surface area contributed by atoms with Crippen molar-refractivity contribution in [3.8, 4) is 0 Å². The van der Waals surface area contributed by atoms with Crippen LogP contribution >= 0.6 is 0 Å². The maximum absolute atomic E-state index is 14.6. The average molecular weight is 349 g/mol. The van der Waals surface area contributed by atoms with Crippen LogP contribution in [0.25, 0.3) is 0 Å². The molecular formula is C24H41F. The van der Waals surface area contributed by atoms with Crippen molar-refractivity contribution < 1.29 is 4.39 Å². The Morgan fingerprint density at radius 1 is 0.800 bits per heavy atom. The Hall–Kier alpha value is -0.330. The van der Waals surface area contributed by atoms with Gasteiger partial charge in [0, 0.05) is 0 Å². The van der Waals surface area contributed by atoms with Crippen LogP contribution in [0.15, 0.2) is 12.7 Å². The van der Waals surface area contributed by atoms with Gasteiger partial charge in [0.2, 0.25) is 0 Å². The van der Waals surface area contributed by atoms with Crippen molar-refractivity contribution in [2.75, 3.05) is 0 Å². The quantitative estimate of drug-likeness (QED) is 0.431. The molecule has 0 saturated heterocycles. The van der Waals surface area contributed by atoms with E-state index in [9.17, 15) is 4.39 Å². The first kappa shape index (κ1) is 19.4. The van der Waals surface area contributed by atoms with Crippen molar-refractivity contribution >= 4 is 0 Å². The average Bonchev–Trinajstić information content (AvgIpc) is 2.67. The van der Waals surface area contributed by atoms with Gasteiger partial charge in [-0.2, -0.15) is 0 Å². The maximum Gasteiger partial charge on any atom is 0.103 e. The molecule has 3 rings (SSSR count). The SMILES string of the molecule is C=CCCC1CCC(C2CCC(C3CCC(CC)CC3)CC2)CC1F. The normalized spacial score (nSPS) is 42.9. The van der Waals surface area contributed by atoms with Gasteiger partial charge in [-0.3, -0.25) is 0 Å². The number of hydrogen-bond acceptors (Lipinski definition) is 0. The van der Waals surface area contributed by atoms with Crippen molar-refractivity contribution in [2.45, 2.75) is 103 Å². The van der Waals surface area contributed by atoms with Crippen LogP contribution in [-0.2, 0) is 0 Å². The zero-order valence-corrected chi connectivity index (χ0v) is 16.6. The number of rotatable bonds is 6. The highest BCUT2D eigenvalue weighted by atomic mass is 19.1. The summed E-state index contributed by atoms with van der Waals surface area (Å²) in [6.45, 7) is 6.15. The number of alkyl halides is 1. The fourth-order valence-electron chi connectivity index (χ4n) is 6.45. The Kier molecular flexibility index (Phi) is 7.43. The van der Waals surface area contributed by atoms with E-state index in [2.05, 4.69) is 13.5 Å². The first-order chi connectivity index (χ1) is 12.2. The summed E-state index contributed by atoms with van der Waals surface area (Å²) in [6.07, 6.45) is 19.7. The van der Waals surface area contributed by atoms with Crippen LogP contribution in [0.5, 0.6) is 0 Å². The first-order valence-corrected chi connectivity index (χ1v) is 11.5. The molecule has 0 nitrogen and oxygen atoms in total. The summed E-state index contributed by atoms with van der Waals surface area (Å²) in [4.78, 5) is 0. The van der Waals surface area contributed by atoms with Crippen LogP contribution in [0.4, 0.5) is 4.39 Å². The van der Waals surface area contributed by atoms with E-state index in [1.54, 1.807) is 0 Å². The van der Waals surface area contributed by atoms with Crippen molar-refractivity contribution in [1.82, 2.24) is 0 Å². The second kappa shape index (κ2) is 9.56. The summed E-state index contributed by atoms with van der Waals surface area (Å²) < 4.78 is 14.6. The molecule has 0 spiro atoms. The van der Waals surface area contributed by atoms with Crippen LogP contribution < -0.4 is 0 Å². The number of halogens is 1. The molecule has 0 aromatic heterocycles. The summed E-state index contributed by atoms with van der Waals surface area (Å²) in [5.74, 6) is 4.88. The first-order valence-electron chi connectivity index (χ1n) is 11.5. The molecule has 0 amide bonds. The Bertz CT molecular complexity index is 387. The van der Waals surface area contributed by atoms with E-state index in [0.29, 0.717) is 11.8 Å². The summed E-state index contributed by atoms with van der Waals surface area (Å²) >= 11 is 0. The van der Waals surface area contributed by atoms with Crippen LogP contribution in [-0.4, -0.2) is 6.17 Å². The van der Waals surface area contributed by atoms with Gasteiger partial charge in [-0.1, -0.05) is 32.3 Å². The zero-order chi connectivity index (χ0) is 17.6. The standard InChI is InChI=1S/C24H41F/c1-3-5-6-22-15-16-23(17-24(22)25)21-13-11-20(12-14-21)19-9-7-18(4-2)8-10-19/h3,18-24H,1,4-17H2,2H3. The van der Waals surface area contributed by atoms with E-state index >= 15 is 0 Å². The number of allylic oxidation sites excluding steroid dienone is 1. The molecule has 3 fully saturated rings. The van der Waals surface area contributed by atoms with Crippen LogP contribution in [0.1, 0.15) is 96.8 Å². The summed E-state index contributed by atoms with van der Waals surface area (Å²) in [5, 5.41) is 0. The largest absolute Gasteiger partial charge is 0.247 e. The second-order valence-electron chi connectivity index (χ2n) is 9.58. The van der Waals surface area contributed by atoms with Crippen LogP contribution in [0, 0.1) is 35.5 Å². The number of hydrogen-bond donors (Lipinski definition) is 0. The predicted molar refractivity (Wildman–Crippen MR) is 106 cm³/mol. The van der Waals surface area contributed by atoms with Gasteiger partial charge in [0.1, 0.15) is 6.17 Å². The van der Waals surface area contributed by atoms with E-state index in [4.69, 9.17) is 0 Å². The molecule has 3 unspecified atom stereocenters. The monoisotopic (exact) mass is 348 g/mol. The van der Waals surface area contributed by atoms with Gasteiger partial charge in [-0.25, -0.2) is 4.39 Å². The Morgan fingerprint density at radius 2 is 1.32 bits per heavy atom. The minimum absolute atomic E-state index is 0.319. The van der Waals surface area contributed by atoms with Gasteiger partial charge >= 0.3 is 0 Å². The predicted octanol–water partition coefficient (Wildman–Crippen LogP) is 7.73. The molecule has 0 N–H and O–H groups in total. The molecule has 1 heteroatoms. The molecule has 0 aromatic carbocycles. The van der Waals surface area contributed by atoms with Gasteiger partial charge in [0.15, 0.2) is 0 Å². The lowest BCUT2D eigenvalue weighted by atomic mass is 9.64. The minimum atomic E-state index is -0.541. The van der Waals surface area contributed by atoms with Gasteiger partial charge < -0.3 is 0 Å². The molecule has 25 heavy (non-hydrogen) atoms. The molecule has 3 saturated carbocycles. The van der Waals surface area contributed by atoms with E-state index in [1.807, 2.05) is 6.08 Å². The molecule has 0 aromatic rings.